The zero-order chi connectivity index (χ0) is 18.8. The monoisotopic (exact) mass is 380 g/mol. The second-order valence-corrected chi connectivity index (χ2v) is 8.15. The molecule has 0 bridgehead atoms. The van der Waals surface area contributed by atoms with E-state index in [1.165, 1.54) is 16.7 Å². The van der Waals surface area contributed by atoms with Gasteiger partial charge in [0.05, 0.1) is 17.5 Å². The third-order valence-electron chi connectivity index (χ3n) is 4.95. The van der Waals surface area contributed by atoms with Crippen molar-refractivity contribution in [3.8, 4) is 0 Å². The van der Waals surface area contributed by atoms with E-state index in [-0.39, 0.29) is 11.9 Å². The van der Waals surface area contributed by atoms with Crippen LogP contribution in [0.15, 0.2) is 42.7 Å². The lowest BCUT2D eigenvalue weighted by Gasteiger charge is -2.26. The van der Waals surface area contributed by atoms with Crippen molar-refractivity contribution in [1.82, 2.24) is 14.7 Å². The molecule has 0 fully saturated rings. The fourth-order valence-corrected chi connectivity index (χ4v) is 4.41. The first-order valence-corrected chi connectivity index (χ1v) is 10.4. The topological polar surface area (TPSA) is 72.4 Å². The normalized spacial score (nSPS) is 16.3. The summed E-state index contributed by atoms with van der Waals surface area (Å²) in [6.07, 6.45) is 7.20. The standard InChI is InChI=1S/C21H24N4OS/c1-14-5-8-20-23-17(11-25(20)10-14)12-27-13-21(26)24-19-4-2-3-15-9-16(22)6-7-18(15)19/h5-11,19H,2-4,12-13,22H2,1H3,(H,24,26). The number of carbonyl (C=O) groups is 1. The molecule has 1 aliphatic carbocycles. The van der Waals surface area contributed by atoms with Crippen molar-refractivity contribution in [3.63, 3.8) is 0 Å². The van der Waals surface area contributed by atoms with Crippen molar-refractivity contribution >= 4 is 29.0 Å². The number of benzene rings is 1. The number of carbonyl (C=O) groups excluding carboxylic acids is 1. The van der Waals surface area contributed by atoms with Gasteiger partial charge in [0.1, 0.15) is 5.65 Å². The summed E-state index contributed by atoms with van der Waals surface area (Å²) in [6.45, 7) is 2.07. The zero-order valence-electron chi connectivity index (χ0n) is 15.4. The van der Waals surface area contributed by atoms with Gasteiger partial charge in [0, 0.05) is 23.8 Å². The maximum absolute atomic E-state index is 12.4. The molecular weight excluding hydrogens is 356 g/mol. The van der Waals surface area contributed by atoms with Crippen LogP contribution in [0.25, 0.3) is 5.65 Å². The number of aromatic nitrogens is 2. The van der Waals surface area contributed by atoms with E-state index in [4.69, 9.17) is 5.73 Å². The van der Waals surface area contributed by atoms with E-state index in [2.05, 4.69) is 35.6 Å². The van der Waals surface area contributed by atoms with Crippen molar-refractivity contribution < 1.29 is 4.79 Å². The van der Waals surface area contributed by atoms with Crippen LogP contribution in [0.4, 0.5) is 5.69 Å². The Morgan fingerprint density at radius 1 is 1.33 bits per heavy atom. The highest BCUT2D eigenvalue weighted by Gasteiger charge is 2.21. The van der Waals surface area contributed by atoms with Crippen LogP contribution in [0, 0.1) is 6.92 Å². The number of hydrogen-bond donors (Lipinski definition) is 2. The highest BCUT2D eigenvalue weighted by Crippen LogP contribution is 2.31. The number of thioether (sulfide) groups is 1. The molecule has 6 heteroatoms. The maximum Gasteiger partial charge on any atom is 0.230 e. The van der Waals surface area contributed by atoms with E-state index < -0.39 is 0 Å². The molecule has 2 heterocycles. The Bertz CT molecular complexity index is 981. The summed E-state index contributed by atoms with van der Waals surface area (Å²) in [5.41, 5.74) is 12.3. The van der Waals surface area contributed by atoms with Crippen LogP contribution < -0.4 is 11.1 Å². The Morgan fingerprint density at radius 2 is 2.22 bits per heavy atom. The van der Waals surface area contributed by atoms with E-state index in [1.54, 1.807) is 11.8 Å². The summed E-state index contributed by atoms with van der Waals surface area (Å²) < 4.78 is 2.04. The van der Waals surface area contributed by atoms with Gasteiger partial charge < -0.3 is 15.5 Å². The molecule has 1 aliphatic rings. The summed E-state index contributed by atoms with van der Waals surface area (Å²) in [4.78, 5) is 17.0. The predicted molar refractivity (Wildman–Crippen MR) is 111 cm³/mol. The number of nitrogens with zero attached hydrogens (tertiary/aromatic N) is 2. The number of nitrogens with one attached hydrogen (secondary N) is 1. The van der Waals surface area contributed by atoms with Crippen LogP contribution in [-0.2, 0) is 17.0 Å². The Morgan fingerprint density at radius 3 is 3.11 bits per heavy atom. The van der Waals surface area contributed by atoms with E-state index in [1.807, 2.05) is 28.8 Å². The van der Waals surface area contributed by atoms with E-state index in [9.17, 15) is 4.79 Å². The van der Waals surface area contributed by atoms with Gasteiger partial charge in [-0.2, -0.15) is 0 Å². The number of amides is 1. The average molecular weight is 381 g/mol. The van der Waals surface area contributed by atoms with Gasteiger partial charge in [-0.3, -0.25) is 4.79 Å². The molecule has 0 aliphatic heterocycles. The number of hydrogen-bond acceptors (Lipinski definition) is 4. The minimum absolute atomic E-state index is 0.0780. The smallest absolute Gasteiger partial charge is 0.230 e. The molecule has 0 saturated heterocycles. The molecule has 5 nitrogen and oxygen atoms in total. The number of imidazole rings is 1. The maximum atomic E-state index is 12.4. The number of pyridine rings is 1. The SMILES string of the molecule is Cc1ccc2nc(CSCC(=O)NC3CCCc4cc(N)ccc43)cn2c1. The highest BCUT2D eigenvalue weighted by atomic mass is 32.2. The van der Waals surface area contributed by atoms with Crippen molar-refractivity contribution in [1.29, 1.82) is 0 Å². The molecule has 0 spiro atoms. The summed E-state index contributed by atoms with van der Waals surface area (Å²) in [6, 6.07) is 10.2. The van der Waals surface area contributed by atoms with E-state index in [0.29, 0.717) is 5.75 Å². The molecule has 2 aromatic heterocycles. The Hall–Kier alpha value is -2.47. The molecule has 3 aromatic rings. The van der Waals surface area contributed by atoms with Crippen LogP contribution in [0.1, 0.15) is 41.3 Å². The molecule has 27 heavy (non-hydrogen) atoms. The molecule has 0 saturated carbocycles. The average Bonchev–Trinajstić information content (AvgIpc) is 3.03. The third kappa shape index (κ3) is 4.11. The van der Waals surface area contributed by atoms with Gasteiger partial charge in [0.25, 0.3) is 0 Å². The molecule has 0 radical (unpaired) electrons. The summed E-state index contributed by atoms with van der Waals surface area (Å²) >= 11 is 1.60. The first-order valence-electron chi connectivity index (χ1n) is 9.28. The van der Waals surface area contributed by atoms with E-state index in [0.717, 1.165) is 42.0 Å². The number of fused-ring (bicyclic) bond motifs is 2. The van der Waals surface area contributed by atoms with Gasteiger partial charge in [0.2, 0.25) is 5.91 Å². The van der Waals surface area contributed by atoms with E-state index >= 15 is 0 Å². The van der Waals surface area contributed by atoms with Crippen molar-refractivity contribution in [2.45, 2.75) is 38.0 Å². The fourth-order valence-electron chi connectivity index (χ4n) is 3.69. The molecule has 1 unspecified atom stereocenters. The Balaban J connectivity index is 1.32. The van der Waals surface area contributed by atoms with Crippen LogP contribution in [0.5, 0.6) is 0 Å². The van der Waals surface area contributed by atoms with Crippen LogP contribution in [0.2, 0.25) is 0 Å². The quantitative estimate of drug-likeness (QED) is 0.663. The number of rotatable bonds is 5. The summed E-state index contributed by atoms with van der Waals surface area (Å²) in [5.74, 6) is 1.24. The van der Waals surface area contributed by atoms with Gasteiger partial charge in [-0.1, -0.05) is 12.1 Å². The molecular formula is C21H24N4OS. The number of nitrogen functional groups attached to an aromatic ring is 1. The number of aryl methyl sites for hydroxylation is 2. The zero-order valence-corrected chi connectivity index (χ0v) is 16.3. The van der Waals surface area contributed by atoms with Crippen molar-refractivity contribution in [3.05, 3.63) is 65.1 Å². The lowest BCUT2D eigenvalue weighted by atomic mass is 9.87. The second kappa shape index (κ2) is 7.64. The van der Waals surface area contributed by atoms with Gasteiger partial charge in [-0.25, -0.2) is 4.98 Å². The fraction of sp³-hybridized carbons (Fsp3) is 0.333. The molecule has 3 N–H and O–H groups in total. The third-order valence-corrected chi connectivity index (χ3v) is 5.91. The highest BCUT2D eigenvalue weighted by molar-refractivity contribution is 7.99. The molecule has 4 rings (SSSR count). The number of nitrogens with two attached hydrogens (primary N) is 1. The van der Waals surface area contributed by atoms with Crippen LogP contribution >= 0.6 is 11.8 Å². The predicted octanol–water partition coefficient (Wildman–Crippen LogP) is 3.65. The molecule has 1 aromatic carbocycles. The van der Waals surface area contributed by atoms with Gasteiger partial charge in [-0.05, 0) is 61.1 Å². The Kier molecular flexibility index (Phi) is 5.07. The van der Waals surface area contributed by atoms with Crippen LogP contribution in [-0.4, -0.2) is 21.0 Å². The first kappa shape index (κ1) is 17.9. The largest absolute Gasteiger partial charge is 0.399 e. The van der Waals surface area contributed by atoms with Gasteiger partial charge in [0.15, 0.2) is 0 Å². The van der Waals surface area contributed by atoms with Crippen molar-refractivity contribution in [2.24, 2.45) is 0 Å². The lowest BCUT2D eigenvalue weighted by molar-refractivity contribution is -0.119. The van der Waals surface area contributed by atoms with Crippen molar-refractivity contribution in [2.75, 3.05) is 11.5 Å². The lowest BCUT2D eigenvalue weighted by Crippen LogP contribution is -2.32. The van der Waals surface area contributed by atoms with Crippen LogP contribution in [0.3, 0.4) is 0 Å². The Labute approximate surface area is 163 Å². The molecule has 1 amide bonds. The number of anilines is 1. The summed E-state index contributed by atoms with van der Waals surface area (Å²) in [7, 11) is 0. The molecule has 1 atom stereocenters. The first-order chi connectivity index (χ1) is 13.1. The summed E-state index contributed by atoms with van der Waals surface area (Å²) in [5, 5.41) is 3.19. The van der Waals surface area contributed by atoms with Gasteiger partial charge >= 0.3 is 0 Å². The minimum Gasteiger partial charge on any atom is -0.399 e. The molecule has 140 valence electrons. The minimum atomic E-state index is 0.0780. The second-order valence-electron chi connectivity index (χ2n) is 7.17. The van der Waals surface area contributed by atoms with Gasteiger partial charge in [-0.15, -0.1) is 11.8 Å².